The number of benzene rings is 2. The summed E-state index contributed by atoms with van der Waals surface area (Å²) in [5, 5.41) is 12.0. The minimum atomic E-state index is -0.345. The molecule has 0 radical (unpaired) electrons. The van der Waals surface area contributed by atoms with E-state index in [1.54, 1.807) is 24.5 Å². The molecule has 2 aromatic carbocycles. The number of carbonyl (C=O) groups excluding carboxylic acids is 1. The van der Waals surface area contributed by atoms with Gasteiger partial charge in [-0.3, -0.25) is 9.89 Å². The monoisotopic (exact) mass is 383 g/mol. The highest BCUT2D eigenvalue weighted by atomic mass is 16.5. The van der Waals surface area contributed by atoms with E-state index in [1.807, 2.05) is 36.5 Å². The fraction of sp³-hybridized carbons (Fsp3) is 0.0455. The van der Waals surface area contributed by atoms with E-state index in [2.05, 4.69) is 31.5 Å². The minimum absolute atomic E-state index is 0.227. The van der Waals surface area contributed by atoms with Crippen molar-refractivity contribution < 1.29 is 9.53 Å². The Bertz CT molecular complexity index is 1350. The van der Waals surface area contributed by atoms with E-state index in [0.29, 0.717) is 11.4 Å². The second kappa shape index (κ2) is 6.79. The Morgan fingerprint density at radius 2 is 2.00 bits per heavy atom. The van der Waals surface area contributed by atoms with Crippen molar-refractivity contribution >= 4 is 33.4 Å². The number of fused-ring (bicyclic) bond motifs is 2. The second-order valence-electron chi connectivity index (χ2n) is 6.61. The molecule has 0 aliphatic carbocycles. The van der Waals surface area contributed by atoms with Gasteiger partial charge in [0.25, 0.3) is 5.91 Å². The van der Waals surface area contributed by atoms with Gasteiger partial charge in [0.15, 0.2) is 5.69 Å². The van der Waals surface area contributed by atoms with Crippen LogP contribution in [0.2, 0.25) is 0 Å². The molecule has 3 heterocycles. The van der Waals surface area contributed by atoms with Crippen molar-refractivity contribution in [3.63, 3.8) is 0 Å². The number of nitrogens with zero attached hydrogens (tertiary/aromatic N) is 2. The maximum absolute atomic E-state index is 12.9. The molecule has 0 aliphatic heterocycles. The third-order valence-corrected chi connectivity index (χ3v) is 4.92. The summed E-state index contributed by atoms with van der Waals surface area (Å²) in [6, 6.07) is 15.5. The number of H-pyrrole nitrogens is 2. The molecule has 0 saturated carbocycles. The first-order valence-corrected chi connectivity index (χ1v) is 9.08. The Kier molecular flexibility index (Phi) is 3.98. The Morgan fingerprint density at radius 1 is 1.07 bits per heavy atom. The van der Waals surface area contributed by atoms with Crippen molar-refractivity contribution in [2.24, 2.45) is 0 Å². The standard InChI is InChI=1S/C22H17N5O2/c1-29-20-6-3-8-24-21(20)22(28)26-18-10-13(11-19-16(18)12-25-27-19)14-4-2-5-17-15(14)7-9-23-17/h2-12,23H,1H3,(H,25,27)(H,26,28). The number of hydrogen-bond donors (Lipinski definition) is 3. The van der Waals surface area contributed by atoms with Crippen molar-refractivity contribution in [2.45, 2.75) is 0 Å². The average Bonchev–Trinajstić information content (AvgIpc) is 3.42. The first-order valence-electron chi connectivity index (χ1n) is 9.08. The predicted octanol–water partition coefficient (Wildman–Crippen LogP) is 4.37. The third-order valence-electron chi connectivity index (χ3n) is 4.92. The van der Waals surface area contributed by atoms with Gasteiger partial charge in [0.05, 0.1) is 24.5 Å². The van der Waals surface area contributed by atoms with Crippen LogP contribution in [-0.4, -0.2) is 33.2 Å². The van der Waals surface area contributed by atoms with Crippen molar-refractivity contribution in [3.05, 3.63) is 72.8 Å². The van der Waals surface area contributed by atoms with Crippen molar-refractivity contribution in [1.29, 1.82) is 0 Å². The van der Waals surface area contributed by atoms with Gasteiger partial charge in [-0.25, -0.2) is 4.98 Å². The Balaban J connectivity index is 1.62. The van der Waals surface area contributed by atoms with E-state index in [0.717, 1.165) is 32.9 Å². The molecule has 7 nitrogen and oxygen atoms in total. The predicted molar refractivity (Wildman–Crippen MR) is 112 cm³/mol. The van der Waals surface area contributed by atoms with Crippen molar-refractivity contribution in [3.8, 4) is 16.9 Å². The highest BCUT2D eigenvalue weighted by molar-refractivity contribution is 6.10. The highest BCUT2D eigenvalue weighted by Crippen LogP contribution is 2.34. The van der Waals surface area contributed by atoms with Crippen LogP contribution in [0.3, 0.4) is 0 Å². The molecule has 1 amide bonds. The Morgan fingerprint density at radius 3 is 2.90 bits per heavy atom. The number of methoxy groups -OCH3 is 1. The number of pyridine rings is 1. The van der Waals surface area contributed by atoms with Crippen LogP contribution in [0, 0.1) is 0 Å². The second-order valence-corrected chi connectivity index (χ2v) is 6.61. The fourth-order valence-electron chi connectivity index (χ4n) is 3.55. The quantitative estimate of drug-likeness (QED) is 0.429. The average molecular weight is 383 g/mol. The van der Waals surface area contributed by atoms with E-state index in [1.165, 1.54) is 7.11 Å². The number of aromatic nitrogens is 4. The molecule has 0 bridgehead atoms. The lowest BCUT2D eigenvalue weighted by Gasteiger charge is -2.11. The molecule has 0 spiro atoms. The van der Waals surface area contributed by atoms with Gasteiger partial charge in [-0.15, -0.1) is 0 Å². The van der Waals surface area contributed by atoms with E-state index in [-0.39, 0.29) is 11.6 Å². The van der Waals surface area contributed by atoms with Crippen LogP contribution in [0.5, 0.6) is 5.75 Å². The summed E-state index contributed by atoms with van der Waals surface area (Å²) in [7, 11) is 1.51. The number of amides is 1. The smallest absolute Gasteiger partial charge is 0.278 e. The summed E-state index contributed by atoms with van der Waals surface area (Å²) in [5.74, 6) is 0.0728. The zero-order chi connectivity index (χ0) is 19.8. The molecule has 3 aromatic heterocycles. The van der Waals surface area contributed by atoms with Crippen LogP contribution in [0.1, 0.15) is 10.5 Å². The lowest BCUT2D eigenvalue weighted by Crippen LogP contribution is -2.15. The van der Waals surface area contributed by atoms with Crippen LogP contribution >= 0.6 is 0 Å². The summed E-state index contributed by atoms with van der Waals surface area (Å²) in [6.45, 7) is 0. The van der Waals surface area contributed by atoms with Crippen LogP contribution < -0.4 is 10.1 Å². The topological polar surface area (TPSA) is 95.7 Å². The number of rotatable bonds is 4. The number of carbonyl (C=O) groups is 1. The van der Waals surface area contributed by atoms with E-state index >= 15 is 0 Å². The normalized spacial score (nSPS) is 11.1. The Hall–Kier alpha value is -4.13. The molecular weight excluding hydrogens is 366 g/mol. The largest absolute Gasteiger partial charge is 0.494 e. The molecular formula is C22H17N5O2. The lowest BCUT2D eigenvalue weighted by molar-refractivity contribution is 0.101. The van der Waals surface area contributed by atoms with Gasteiger partial charge in [-0.1, -0.05) is 12.1 Å². The number of nitrogens with one attached hydrogen (secondary N) is 3. The summed E-state index contributed by atoms with van der Waals surface area (Å²) in [4.78, 5) is 20.3. The summed E-state index contributed by atoms with van der Waals surface area (Å²) in [6.07, 6.45) is 5.17. The van der Waals surface area contributed by atoms with Crippen LogP contribution in [0.4, 0.5) is 5.69 Å². The van der Waals surface area contributed by atoms with Gasteiger partial charge >= 0.3 is 0 Å². The molecule has 0 atom stereocenters. The summed E-state index contributed by atoms with van der Waals surface area (Å²) < 4.78 is 5.26. The first-order chi connectivity index (χ1) is 14.2. The molecule has 5 aromatic rings. The molecule has 0 saturated heterocycles. The van der Waals surface area contributed by atoms with Crippen LogP contribution in [0.15, 0.2) is 67.1 Å². The fourth-order valence-corrected chi connectivity index (χ4v) is 3.55. The lowest BCUT2D eigenvalue weighted by atomic mass is 9.99. The van der Waals surface area contributed by atoms with Gasteiger partial charge in [-0.05, 0) is 47.5 Å². The number of ether oxygens (including phenoxy) is 1. The molecule has 3 N–H and O–H groups in total. The highest BCUT2D eigenvalue weighted by Gasteiger charge is 2.17. The first kappa shape index (κ1) is 17.0. The van der Waals surface area contributed by atoms with Gasteiger partial charge in [0.1, 0.15) is 5.75 Å². The SMILES string of the molecule is COc1cccnc1C(=O)Nc1cc(-c2cccc3[nH]ccc23)cc2[nH]ncc12. The summed E-state index contributed by atoms with van der Waals surface area (Å²) in [5.41, 5.74) is 4.79. The van der Waals surface area contributed by atoms with Gasteiger partial charge in [-0.2, -0.15) is 5.10 Å². The number of anilines is 1. The molecule has 7 heteroatoms. The zero-order valence-corrected chi connectivity index (χ0v) is 15.6. The molecule has 29 heavy (non-hydrogen) atoms. The number of aromatic amines is 2. The molecule has 5 rings (SSSR count). The van der Waals surface area contributed by atoms with E-state index < -0.39 is 0 Å². The number of hydrogen-bond acceptors (Lipinski definition) is 4. The molecule has 142 valence electrons. The van der Waals surface area contributed by atoms with Gasteiger partial charge in [0, 0.05) is 28.7 Å². The van der Waals surface area contributed by atoms with Crippen molar-refractivity contribution in [1.82, 2.24) is 20.2 Å². The van der Waals surface area contributed by atoms with E-state index in [4.69, 9.17) is 4.74 Å². The summed E-state index contributed by atoms with van der Waals surface area (Å²) >= 11 is 0. The van der Waals surface area contributed by atoms with E-state index in [9.17, 15) is 4.79 Å². The molecule has 0 aliphatic rings. The zero-order valence-electron chi connectivity index (χ0n) is 15.6. The van der Waals surface area contributed by atoms with Crippen LogP contribution in [0.25, 0.3) is 32.9 Å². The molecule has 0 fully saturated rings. The third kappa shape index (κ3) is 2.89. The molecule has 0 unspecified atom stereocenters. The minimum Gasteiger partial charge on any atom is -0.494 e. The Labute approximate surface area is 165 Å². The maximum Gasteiger partial charge on any atom is 0.278 e. The van der Waals surface area contributed by atoms with Gasteiger partial charge < -0.3 is 15.0 Å². The van der Waals surface area contributed by atoms with Gasteiger partial charge in [0.2, 0.25) is 0 Å². The maximum atomic E-state index is 12.9. The van der Waals surface area contributed by atoms with Crippen LogP contribution in [-0.2, 0) is 0 Å². The van der Waals surface area contributed by atoms with Crippen molar-refractivity contribution in [2.75, 3.05) is 12.4 Å².